The number of nitrogens with zero attached hydrogens (tertiary/aromatic N) is 2. The fourth-order valence-electron chi connectivity index (χ4n) is 4.61. The second-order valence-electron chi connectivity index (χ2n) is 8.36. The Morgan fingerprint density at radius 2 is 1.96 bits per heavy atom. The molecule has 3 heterocycles. The Hall–Kier alpha value is -1.63. The zero-order valence-electron chi connectivity index (χ0n) is 16.2. The number of phenolic OH excluding ortho intramolecular Hbond substituents is 1. The number of piperidine rings is 1. The third kappa shape index (κ3) is 4.13. The molecule has 3 fully saturated rings. The van der Waals surface area contributed by atoms with Crippen molar-refractivity contribution in [3.05, 3.63) is 29.3 Å². The van der Waals surface area contributed by atoms with Crippen molar-refractivity contribution in [1.82, 2.24) is 9.80 Å². The van der Waals surface area contributed by atoms with E-state index in [2.05, 4.69) is 4.90 Å². The fraction of sp³-hybridized carbons (Fsp3) is 0.667. The molecule has 27 heavy (non-hydrogen) atoms. The molecule has 4 rings (SSSR count). The van der Waals surface area contributed by atoms with Crippen LogP contribution in [0, 0.1) is 12.3 Å². The van der Waals surface area contributed by atoms with Gasteiger partial charge < -0.3 is 19.5 Å². The first-order valence-corrected chi connectivity index (χ1v) is 10.1. The Labute approximate surface area is 161 Å². The summed E-state index contributed by atoms with van der Waals surface area (Å²) in [4.78, 5) is 17.1. The lowest BCUT2D eigenvalue weighted by molar-refractivity contribution is 0.00524. The van der Waals surface area contributed by atoms with Crippen LogP contribution < -0.4 is 0 Å². The summed E-state index contributed by atoms with van der Waals surface area (Å²) in [5, 5.41) is 10.1. The molecule has 1 amide bonds. The van der Waals surface area contributed by atoms with Crippen molar-refractivity contribution in [2.24, 2.45) is 5.41 Å². The Morgan fingerprint density at radius 1 is 1.22 bits per heavy atom. The Bertz CT molecular complexity index is 679. The number of benzene rings is 1. The van der Waals surface area contributed by atoms with E-state index in [4.69, 9.17) is 9.47 Å². The Balaban J connectivity index is 1.32. The topological polar surface area (TPSA) is 62.2 Å². The molecule has 0 saturated carbocycles. The average Bonchev–Trinajstić information content (AvgIpc) is 3.06. The van der Waals surface area contributed by atoms with Gasteiger partial charge in [0.2, 0.25) is 0 Å². The number of morpholine rings is 1. The predicted molar refractivity (Wildman–Crippen MR) is 102 cm³/mol. The van der Waals surface area contributed by atoms with E-state index in [9.17, 15) is 9.90 Å². The summed E-state index contributed by atoms with van der Waals surface area (Å²) in [6, 6.07) is 5.20. The van der Waals surface area contributed by atoms with Gasteiger partial charge in [0, 0.05) is 32.7 Å². The van der Waals surface area contributed by atoms with E-state index in [0.29, 0.717) is 11.7 Å². The fourth-order valence-corrected chi connectivity index (χ4v) is 4.61. The van der Waals surface area contributed by atoms with Crippen molar-refractivity contribution in [3.8, 4) is 5.75 Å². The number of aromatic hydroxyl groups is 1. The minimum absolute atomic E-state index is 0.0603. The van der Waals surface area contributed by atoms with Gasteiger partial charge in [-0.1, -0.05) is 11.6 Å². The van der Waals surface area contributed by atoms with E-state index < -0.39 is 0 Å². The number of phenols is 1. The van der Waals surface area contributed by atoms with Crippen molar-refractivity contribution in [3.63, 3.8) is 0 Å². The zero-order valence-corrected chi connectivity index (χ0v) is 16.2. The summed E-state index contributed by atoms with van der Waals surface area (Å²) in [6.07, 6.45) is 3.34. The molecule has 3 saturated heterocycles. The van der Waals surface area contributed by atoms with Crippen LogP contribution in [-0.2, 0) is 9.47 Å². The van der Waals surface area contributed by atoms with Gasteiger partial charge >= 0.3 is 0 Å². The molecule has 0 bridgehead atoms. The average molecular weight is 374 g/mol. The monoisotopic (exact) mass is 374 g/mol. The van der Waals surface area contributed by atoms with Gasteiger partial charge in [-0.3, -0.25) is 9.69 Å². The molecule has 1 N–H and O–H groups in total. The van der Waals surface area contributed by atoms with Crippen LogP contribution >= 0.6 is 0 Å². The zero-order chi connectivity index (χ0) is 18.9. The molecule has 148 valence electrons. The summed E-state index contributed by atoms with van der Waals surface area (Å²) >= 11 is 0. The SMILES string of the molecule is Cc1ccc(O)c(C(=O)N2CCC3(CC2)CO[C@@H](CN2CCOCC2)C3)c1. The van der Waals surface area contributed by atoms with E-state index in [1.54, 1.807) is 12.1 Å². The summed E-state index contributed by atoms with van der Waals surface area (Å²) in [5.41, 5.74) is 1.61. The number of hydrogen-bond acceptors (Lipinski definition) is 5. The highest BCUT2D eigenvalue weighted by molar-refractivity contribution is 5.97. The molecule has 0 aliphatic carbocycles. The maximum absolute atomic E-state index is 12.8. The normalized spacial score (nSPS) is 25.8. The smallest absolute Gasteiger partial charge is 0.257 e. The van der Waals surface area contributed by atoms with E-state index in [-0.39, 0.29) is 17.1 Å². The van der Waals surface area contributed by atoms with Gasteiger partial charge in [-0.25, -0.2) is 0 Å². The maximum atomic E-state index is 12.8. The third-order valence-electron chi connectivity index (χ3n) is 6.35. The molecule has 6 nitrogen and oxygen atoms in total. The van der Waals surface area contributed by atoms with E-state index in [1.165, 1.54) is 0 Å². The first-order chi connectivity index (χ1) is 13.0. The first kappa shape index (κ1) is 18.7. The molecule has 3 aliphatic heterocycles. The maximum Gasteiger partial charge on any atom is 0.257 e. The van der Waals surface area contributed by atoms with Crippen LogP contribution in [0.4, 0.5) is 0 Å². The van der Waals surface area contributed by atoms with Crippen molar-refractivity contribution >= 4 is 5.91 Å². The standard InChI is InChI=1S/C21H30N2O4/c1-16-2-3-19(24)18(12-16)20(25)23-6-4-21(5-7-23)13-17(27-15-21)14-22-8-10-26-11-9-22/h2-3,12,17,24H,4-11,13-15H2,1H3/t17-/m1/s1. The molecule has 6 heteroatoms. The second-order valence-corrected chi connectivity index (χ2v) is 8.36. The second kappa shape index (κ2) is 7.78. The highest BCUT2D eigenvalue weighted by Gasteiger charge is 2.43. The number of likely N-dealkylation sites (tertiary alicyclic amines) is 1. The molecule has 1 atom stereocenters. The predicted octanol–water partition coefficient (Wildman–Crippen LogP) is 2.04. The third-order valence-corrected chi connectivity index (χ3v) is 6.35. The van der Waals surface area contributed by atoms with Gasteiger partial charge in [0.25, 0.3) is 5.91 Å². The lowest BCUT2D eigenvalue weighted by atomic mass is 9.76. The highest BCUT2D eigenvalue weighted by Crippen LogP contribution is 2.42. The number of aryl methyl sites for hydroxylation is 1. The number of hydrogen-bond donors (Lipinski definition) is 1. The molecule has 1 aromatic carbocycles. The molecule has 1 spiro atoms. The first-order valence-electron chi connectivity index (χ1n) is 10.1. The number of carbonyl (C=O) groups excluding carboxylic acids is 1. The van der Waals surface area contributed by atoms with Gasteiger partial charge in [-0.2, -0.15) is 0 Å². The van der Waals surface area contributed by atoms with Crippen LogP contribution in [0.2, 0.25) is 0 Å². The van der Waals surface area contributed by atoms with Crippen LogP contribution in [0.1, 0.15) is 35.2 Å². The summed E-state index contributed by atoms with van der Waals surface area (Å²) in [7, 11) is 0. The van der Waals surface area contributed by atoms with E-state index >= 15 is 0 Å². The van der Waals surface area contributed by atoms with E-state index in [1.807, 2.05) is 17.9 Å². The minimum atomic E-state index is -0.0603. The Kier molecular flexibility index (Phi) is 5.39. The largest absolute Gasteiger partial charge is 0.507 e. The van der Waals surface area contributed by atoms with Crippen molar-refractivity contribution in [2.45, 2.75) is 32.3 Å². The lowest BCUT2D eigenvalue weighted by Gasteiger charge is -2.38. The van der Waals surface area contributed by atoms with Crippen molar-refractivity contribution < 1.29 is 19.4 Å². The molecule has 1 aromatic rings. The molecular weight excluding hydrogens is 344 g/mol. The number of carbonyl (C=O) groups is 1. The van der Waals surface area contributed by atoms with Gasteiger partial charge in [0.1, 0.15) is 5.75 Å². The van der Waals surface area contributed by atoms with Crippen LogP contribution in [0.25, 0.3) is 0 Å². The molecule has 0 aromatic heterocycles. The number of amides is 1. The van der Waals surface area contributed by atoms with E-state index in [0.717, 1.165) is 77.4 Å². The van der Waals surface area contributed by atoms with Gasteiger partial charge in [0.05, 0.1) is 31.5 Å². The van der Waals surface area contributed by atoms with Crippen LogP contribution in [0.3, 0.4) is 0 Å². The number of ether oxygens (including phenoxy) is 2. The van der Waals surface area contributed by atoms with Gasteiger partial charge in [-0.05, 0) is 43.7 Å². The van der Waals surface area contributed by atoms with Crippen molar-refractivity contribution in [1.29, 1.82) is 0 Å². The minimum Gasteiger partial charge on any atom is -0.507 e. The van der Waals surface area contributed by atoms with Gasteiger partial charge in [-0.15, -0.1) is 0 Å². The molecule has 0 radical (unpaired) electrons. The van der Waals surface area contributed by atoms with Crippen LogP contribution in [0.15, 0.2) is 18.2 Å². The van der Waals surface area contributed by atoms with Crippen LogP contribution in [0.5, 0.6) is 5.75 Å². The molecular formula is C21H30N2O4. The summed E-state index contributed by atoms with van der Waals surface area (Å²) in [5.74, 6) is 0.00972. The molecule has 3 aliphatic rings. The van der Waals surface area contributed by atoms with Crippen LogP contribution in [-0.4, -0.2) is 79.5 Å². The molecule has 0 unspecified atom stereocenters. The summed E-state index contributed by atoms with van der Waals surface area (Å²) < 4.78 is 11.6. The summed E-state index contributed by atoms with van der Waals surface area (Å²) in [6.45, 7) is 8.84. The quantitative estimate of drug-likeness (QED) is 0.877. The lowest BCUT2D eigenvalue weighted by Crippen LogP contribution is -2.44. The Morgan fingerprint density at radius 3 is 2.70 bits per heavy atom. The van der Waals surface area contributed by atoms with Gasteiger partial charge in [0.15, 0.2) is 0 Å². The van der Waals surface area contributed by atoms with Crippen molar-refractivity contribution in [2.75, 3.05) is 52.5 Å². The highest BCUT2D eigenvalue weighted by atomic mass is 16.5. The number of rotatable bonds is 3.